The Morgan fingerprint density at radius 2 is 2.05 bits per heavy atom. The SMILES string of the molecule is N#CC(=Cc1cccc(F)c1F)C(=O)NC1CCCC1. The van der Waals surface area contributed by atoms with Gasteiger partial charge in [0.05, 0.1) is 0 Å². The molecule has 0 aliphatic heterocycles. The van der Waals surface area contributed by atoms with Crippen LogP contribution in [0.5, 0.6) is 0 Å². The predicted molar refractivity (Wildman–Crippen MR) is 70.3 cm³/mol. The lowest BCUT2D eigenvalue weighted by Crippen LogP contribution is -2.33. The van der Waals surface area contributed by atoms with Gasteiger partial charge in [-0.25, -0.2) is 8.78 Å². The van der Waals surface area contributed by atoms with Gasteiger partial charge in [-0.2, -0.15) is 5.26 Å². The van der Waals surface area contributed by atoms with Gasteiger partial charge in [0.2, 0.25) is 0 Å². The van der Waals surface area contributed by atoms with Crippen LogP contribution in [0.25, 0.3) is 6.08 Å². The Hall–Kier alpha value is -2.22. The maximum absolute atomic E-state index is 13.5. The Morgan fingerprint density at radius 1 is 1.35 bits per heavy atom. The smallest absolute Gasteiger partial charge is 0.262 e. The van der Waals surface area contributed by atoms with Crippen molar-refractivity contribution < 1.29 is 13.6 Å². The van der Waals surface area contributed by atoms with Crippen molar-refractivity contribution in [3.05, 3.63) is 41.0 Å². The molecule has 0 saturated heterocycles. The summed E-state index contributed by atoms with van der Waals surface area (Å²) in [6.45, 7) is 0. The van der Waals surface area contributed by atoms with Gasteiger partial charge < -0.3 is 5.32 Å². The average molecular weight is 276 g/mol. The van der Waals surface area contributed by atoms with Crippen LogP contribution >= 0.6 is 0 Å². The van der Waals surface area contributed by atoms with E-state index < -0.39 is 17.5 Å². The number of carbonyl (C=O) groups excluding carboxylic acids is 1. The van der Waals surface area contributed by atoms with E-state index in [1.165, 1.54) is 12.1 Å². The summed E-state index contributed by atoms with van der Waals surface area (Å²) in [6.07, 6.45) is 4.95. The van der Waals surface area contributed by atoms with Gasteiger partial charge in [-0.15, -0.1) is 0 Å². The van der Waals surface area contributed by atoms with Gasteiger partial charge in [0.25, 0.3) is 5.91 Å². The van der Waals surface area contributed by atoms with Gasteiger partial charge in [-0.1, -0.05) is 25.0 Å². The summed E-state index contributed by atoms with van der Waals surface area (Å²) in [4.78, 5) is 11.9. The van der Waals surface area contributed by atoms with E-state index in [1.54, 1.807) is 6.07 Å². The van der Waals surface area contributed by atoms with Crippen molar-refractivity contribution in [1.82, 2.24) is 5.32 Å². The molecule has 0 bridgehead atoms. The molecule has 1 fully saturated rings. The van der Waals surface area contributed by atoms with Crippen LogP contribution in [0.3, 0.4) is 0 Å². The number of rotatable bonds is 3. The lowest BCUT2D eigenvalue weighted by atomic mass is 10.1. The maximum Gasteiger partial charge on any atom is 0.262 e. The summed E-state index contributed by atoms with van der Waals surface area (Å²) in [5, 5.41) is 11.7. The molecule has 1 aliphatic carbocycles. The van der Waals surface area contributed by atoms with Gasteiger partial charge in [-0.05, 0) is 25.0 Å². The first-order valence-electron chi connectivity index (χ1n) is 6.48. The van der Waals surface area contributed by atoms with E-state index in [2.05, 4.69) is 5.32 Å². The number of nitrogens with zero attached hydrogens (tertiary/aromatic N) is 1. The topological polar surface area (TPSA) is 52.9 Å². The van der Waals surface area contributed by atoms with E-state index in [1.807, 2.05) is 0 Å². The van der Waals surface area contributed by atoms with Crippen molar-refractivity contribution in [2.75, 3.05) is 0 Å². The standard InChI is InChI=1S/C15H14F2N2O/c16-13-7-3-4-10(14(13)17)8-11(9-18)15(20)19-12-5-1-2-6-12/h3-4,7-8,12H,1-2,5-6H2,(H,19,20). The Morgan fingerprint density at radius 3 is 2.70 bits per heavy atom. The second kappa shape index (κ2) is 6.29. The number of benzene rings is 1. The fraction of sp³-hybridized carbons (Fsp3) is 0.333. The molecule has 20 heavy (non-hydrogen) atoms. The quantitative estimate of drug-likeness (QED) is 0.681. The highest BCUT2D eigenvalue weighted by atomic mass is 19.2. The third-order valence-corrected chi connectivity index (χ3v) is 3.34. The molecule has 1 N–H and O–H groups in total. The first-order chi connectivity index (χ1) is 9.61. The Bertz CT molecular complexity index is 584. The summed E-state index contributed by atoms with van der Waals surface area (Å²) in [7, 11) is 0. The van der Waals surface area contributed by atoms with E-state index in [0.29, 0.717) is 0 Å². The highest BCUT2D eigenvalue weighted by Crippen LogP contribution is 2.19. The number of halogens is 2. The molecule has 1 aromatic rings. The number of carbonyl (C=O) groups is 1. The number of amides is 1. The maximum atomic E-state index is 13.5. The second-order valence-electron chi connectivity index (χ2n) is 4.77. The molecule has 3 nitrogen and oxygen atoms in total. The van der Waals surface area contributed by atoms with Crippen LogP contribution in [0, 0.1) is 23.0 Å². The van der Waals surface area contributed by atoms with Crippen LogP contribution < -0.4 is 5.32 Å². The summed E-state index contributed by atoms with van der Waals surface area (Å²) in [5.41, 5.74) is -0.329. The van der Waals surface area contributed by atoms with Gasteiger partial charge in [0.15, 0.2) is 11.6 Å². The molecule has 104 valence electrons. The van der Waals surface area contributed by atoms with E-state index >= 15 is 0 Å². The monoisotopic (exact) mass is 276 g/mol. The Labute approximate surface area is 115 Å². The molecular formula is C15H14F2N2O. The summed E-state index contributed by atoms with van der Waals surface area (Å²) in [5.74, 6) is -2.61. The zero-order valence-corrected chi connectivity index (χ0v) is 10.8. The minimum atomic E-state index is -1.06. The minimum Gasteiger partial charge on any atom is -0.349 e. The largest absolute Gasteiger partial charge is 0.349 e. The third kappa shape index (κ3) is 3.21. The molecule has 0 spiro atoms. The second-order valence-corrected chi connectivity index (χ2v) is 4.77. The van der Waals surface area contributed by atoms with E-state index in [-0.39, 0.29) is 17.2 Å². The first-order valence-corrected chi connectivity index (χ1v) is 6.48. The van der Waals surface area contributed by atoms with Crippen molar-refractivity contribution >= 4 is 12.0 Å². The Kier molecular flexibility index (Phi) is 4.46. The van der Waals surface area contributed by atoms with Crippen molar-refractivity contribution in [2.24, 2.45) is 0 Å². The lowest BCUT2D eigenvalue weighted by Gasteiger charge is -2.11. The summed E-state index contributed by atoms with van der Waals surface area (Å²) >= 11 is 0. The number of hydrogen-bond acceptors (Lipinski definition) is 2. The molecule has 1 saturated carbocycles. The fourth-order valence-electron chi connectivity index (χ4n) is 2.27. The highest BCUT2D eigenvalue weighted by molar-refractivity contribution is 6.01. The van der Waals surface area contributed by atoms with Crippen LogP contribution in [-0.4, -0.2) is 11.9 Å². The zero-order valence-electron chi connectivity index (χ0n) is 10.8. The van der Waals surface area contributed by atoms with E-state index in [4.69, 9.17) is 5.26 Å². The van der Waals surface area contributed by atoms with Crippen molar-refractivity contribution in [1.29, 1.82) is 5.26 Å². The molecule has 1 aromatic carbocycles. The molecule has 5 heteroatoms. The van der Waals surface area contributed by atoms with Crippen LogP contribution in [-0.2, 0) is 4.79 Å². The minimum absolute atomic E-state index is 0.0663. The first kappa shape index (κ1) is 14.2. The molecule has 2 rings (SSSR count). The highest BCUT2D eigenvalue weighted by Gasteiger charge is 2.19. The van der Waals surface area contributed by atoms with Crippen LogP contribution in [0.1, 0.15) is 31.2 Å². The third-order valence-electron chi connectivity index (χ3n) is 3.34. The molecule has 0 atom stereocenters. The van der Waals surface area contributed by atoms with Crippen molar-refractivity contribution in [3.63, 3.8) is 0 Å². The summed E-state index contributed by atoms with van der Waals surface area (Å²) < 4.78 is 26.6. The number of hydrogen-bond donors (Lipinski definition) is 1. The Balaban J connectivity index is 2.18. The van der Waals surface area contributed by atoms with Crippen LogP contribution in [0.15, 0.2) is 23.8 Å². The number of nitriles is 1. The summed E-state index contributed by atoms with van der Waals surface area (Å²) in [6, 6.07) is 5.43. The molecule has 0 aromatic heterocycles. The van der Waals surface area contributed by atoms with Gasteiger partial charge in [0, 0.05) is 11.6 Å². The molecule has 1 aliphatic rings. The van der Waals surface area contributed by atoms with Gasteiger partial charge >= 0.3 is 0 Å². The predicted octanol–water partition coefficient (Wildman–Crippen LogP) is 2.93. The van der Waals surface area contributed by atoms with Gasteiger partial charge in [0.1, 0.15) is 11.6 Å². The van der Waals surface area contributed by atoms with E-state index in [9.17, 15) is 13.6 Å². The normalized spacial score (nSPS) is 15.9. The molecule has 0 unspecified atom stereocenters. The van der Waals surface area contributed by atoms with Crippen LogP contribution in [0.4, 0.5) is 8.78 Å². The number of nitrogens with one attached hydrogen (secondary N) is 1. The van der Waals surface area contributed by atoms with Crippen LogP contribution in [0.2, 0.25) is 0 Å². The fourth-order valence-corrected chi connectivity index (χ4v) is 2.27. The molecular weight excluding hydrogens is 262 g/mol. The lowest BCUT2D eigenvalue weighted by molar-refractivity contribution is -0.117. The zero-order chi connectivity index (χ0) is 14.5. The van der Waals surface area contributed by atoms with Crippen molar-refractivity contribution in [2.45, 2.75) is 31.7 Å². The van der Waals surface area contributed by atoms with Gasteiger partial charge in [-0.3, -0.25) is 4.79 Å². The average Bonchev–Trinajstić information content (AvgIpc) is 2.93. The van der Waals surface area contributed by atoms with Crippen molar-refractivity contribution in [3.8, 4) is 6.07 Å². The molecule has 0 heterocycles. The van der Waals surface area contributed by atoms with E-state index in [0.717, 1.165) is 37.8 Å². The molecule has 0 radical (unpaired) electrons. The molecule has 1 amide bonds.